The number of esters is 1. The molecule has 2 aromatic rings. The second kappa shape index (κ2) is 7.67. The summed E-state index contributed by atoms with van der Waals surface area (Å²) in [7, 11) is 1.60. The lowest BCUT2D eigenvalue weighted by Crippen LogP contribution is -2.12. The minimum Gasteiger partial charge on any atom is -0.461 e. The standard InChI is InChI=1S/C15H16N2O4S/c1-3-21-14(19)12-9-22-15(16-12)17-13(18)11-6-4-5-10(7-11)8-20-2/h4-7,9H,3,8H2,1-2H3,(H,16,17,18). The maximum atomic E-state index is 12.2. The van der Waals surface area contributed by atoms with Gasteiger partial charge in [-0.3, -0.25) is 10.1 Å². The zero-order valence-electron chi connectivity index (χ0n) is 12.3. The molecular weight excluding hydrogens is 304 g/mol. The fourth-order valence-corrected chi connectivity index (χ4v) is 2.44. The Morgan fingerprint density at radius 3 is 2.91 bits per heavy atom. The van der Waals surface area contributed by atoms with Crippen molar-refractivity contribution in [1.82, 2.24) is 4.98 Å². The first-order valence-corrected chi connectivity index (χ1v) is 7.54. The Morgan fingerprint density at radius 2 is 2.18 bits per heavy atom. The van der Waals surface area contributed by atoms with Gasteiger partial charge in [-0.25, -0.2) is 9.78 Å². The summed E-state index contributed by atoms with van der Waals surface area (Å²) in [5.41, 5.74) is 1.60. The summed E-state index contributed by atoms with van der Waals surface area (Å²) in [6.45, 7) is 2.44. The molecule has 1 heterocycles. The van der Waals surface area contributed by atoms with Crippen LogP contribution in [0, 0.1) is 0 Å². The second-order valence-corrected chi connectivity index (χ2v) is 5.20. The van der Waals surface area contributed by atoms with E-state index in [-0.39, 0.29) is 18.2 Å². The van der Waals surface area contributed by atoms with Gasteiger partial charge < -0.3 is 9.47 Å². The topological polar surface area (TPSA) is 77.5 Å². The fourth-order valence-electron chi connectivity index (χ4n) is 1.77. The van der Waals surface area contributed by atoms with Crippen LogP contribution in [0.1, 0.15) is 33.3 Å². The molecule has 22 heavy (non-hydrogen) atoms. The summed E-state index contributed by atoms with van der Waals surface area (Å²) in [4.78, 5) is 27.7. The van der Waals surface area contributed by atoms with Crippen LogP contribution in [0.4, 0.5) is 5.13 Å². The lowest BCUT2D eigenvalue weighted by Gasteiger charge is -2.04. The summed E-state index contributed by atoms with van der Waals surface area (Å²) in [5.74, 6) is -0.788. The molecule has 1 N–H and O–H groups in total. The number of hydrogen-bond acceptors (Lipinski definition) is 6. The number of thiazole rings is 1. The van der Waals surface area contributed by atoms with Gasteiger partial charge in [0.2, 0.25) is 0 Å². The van der Waals surface area contributed by atoms with Crippen molar-refractivity contribution in [2.45, 2.75) is 13.5 Å². The molecule has 0 saturated heterocycles. The zero-order chi connectivity index (χ0) is 15.9. The van der Waals surface area contributed by atoms with Gasteiger partial charge in [-0.15, -0.1) is 11.3 Å². The van der Waals surface area contributed by atoms with Crippen molar-refractivity contribution in [2.75, 3.05) is 19.0 Å². The highest BCUT2D eigenvalue weighted by Gasteiger charge is 2.14. The molecular formula is C15H16N2O4S. The van der Waals surface area contributed by atoms with Gasteiger partial charge in [0.05, 0.1) is 13.2 Å². The number of aromatic nitrogens is 1. The smallest absolute Gasteiger partial charge is 0.357 e. The molecule has 6 nitrogen and oxygen atoms in total. The molecule has 0 fully saturated rings. The van der Waals surface area contributed by atoms with E-state index in [0.717, 1.165) is 5.56 Å². The number of hydrogen-bond donors (Lipinski definition) is 1. The van der Waals surface area contributed by atoms with Crippen LogP contribution in [-0.4, -0.2) is 30.6 Å². The quantitative estimate of drug-likeness (QED) is 0.828. The van der Waals surface area contributed by atoms with E-state index in [9.17, 15) is 9.59 Å². The first-order chi connectivity index (χ1) is 10.6. The summed E-state index contributed by atoms with van der Waals surface area (Å²) < 4.78 is 9.89. The third kappa shape index (κ3) is 4.12. The van der Waals surface area contributed by atoms with E-state index in [2.05, 4.69) is 10.3 Å². The Balaban J connectivity index is 2.05. The van der Waals surface area contributed by atoms with Gasteiger partial charge in [0.1, 0.15) is 0 Å². The van der Waals surface area contributed by atoms with Gasteiger partial charge in [-0.05, 0) is 24.6 Å². The number of methoxy groups -OCH3 is 1. The summed E-state index contributed by atoms with van der Waals surface area (Å²) in [5, 5.41) is 4.57. The average molecular weight is 320 g/mol. The van der Waals surface area contributed by atoms with Gasteiger partial charge >= 0.3 is 5.97 Å². The van der Waals surface area contributed by atoms with Gasteiger partial charge in [-0.1, -0.05) is 12.1 Å². The van der Waals surface area contributed by atoms with Crippen LogP contribution in [-0.2, 0) is 16.1 Å². The summed E-state index contributed by atoms with van der Waals surface area (Å²) in [6.07, 6.45) is 0. The van der Waals surface area contributed by atoms with Crippen molar-refractivity contribution >= 4 is 28.3 Å². The number of nitrogens with one attached hydrogen (secondary N) is 1. The molecule has 0 aliphatic heterocycles. The van der Waals surface area contributed by atoms with Crippen molar-refractivity contribution in [3.05, 3.63) is 46.5 Å². The molecule has 116 valence electrons. The van der Waals surface area contributed by atoms with Crippen LogP contribution in [0.5, 0.6) is 0 Å². The van der Waals surface area contributed by atoms with Gasteiger partial charge in [0.25, 0.3) is 5.91 Å². The number of carbonyl (C=O) groups is 2. The Bertz CT molecular complexity index is 669. The molecule has 0 atom stereocenters. The summed E-state index contributed by atoms with van der Waals surface area (Å²) in [6, 6.07) is 7.12. The molecule has 0 aliphatic rings. The highest BCUT2D eigenvalue weighted by Crippen LogP contribution is 2.17. The predicted octanol–water partition coefficient (Wildman–Crippen LogP) is 2.72. The Labute approximate surface area is 132 Å². The van der Waals surface area contributed by atoms with Gasteiger partial charge in [0, 0.05) is 18.1 Å². The second-order valence-electron chi connectivity index (χ2n) is 4.35. The van der Waals surface area contributed by atoms with E-state index in [1.807, 2.05) is 6.07 Å². The number of ether oxygens (including phenoxy) is 2. The van der Waals surface area contributed by atoms with E-state index in [1.54, 1.807) is 37.6 Å². The number of benzene rings is 1. The average Bonchev–Trinajstić information content (AvgIpc) is 2.97. The van der Waals surface area contributed by atoms with Crippen LogP contribution in [0.3, 0.4) is 0 Å². The van der Waals surface area contributed by atoms with Crippen LogP contribution in [0.25, 0.3) is 0 Å². The maximum Gasteiger partial charge on any atom is 0.357 e. The fraction of sp³-hybridized carbons (Fsp3) is 0.267. The molecule has 0 bridgehead atoms. The lowest BCUT2D eigenvalue weighted by molar-refractivity contribution is 0.0520. The Hall–Kier alpha value is -2.25. The normalized spacial score (nSPS) is 10.3. The van der Waals surface area contributed by atoms with Gasteiger partial charge in [0.15, 0.2) is 10.8 Å². The highest BCUT2D eigenvalue weighted by molar-refractivity contribution is 7.14. The largest absolute Gasteiger partial charge is 0.461 e. The molecule has 1 amide bonds. The Kier molecular flexibility index (Phi) is 5.62. The van der Waals surface area contributed by atoms with Gasteiger partial charge in [-0.2, -0.15) is 0 Å². The Morgan fingerprint density at radius 1 is 1.36 bits per heavy atom. The number of anilines is 1. The number of carbonyl (C=O) groups excluding carboxylic acids is 2. The number of nitrogens with zero attached hydrogens (tertiary/aromatic N) is 1. The predicted molar refractivity (Wildman–Crippen MR) is 83.2 cm³/mol. The van der Waals surface area contributed by atoms with Crippen molar-refractivity contribution in [2.24, 2.45) is 0 Å². The van der Waals surface area contributed by atoms with E-state index in [4.69, 9.17) is 9.47 Å². The van der Waals surface area contributed by atoms with Crippen LogP contribution in [0.2, 0.25) is 0 Å². The molecule has 0 spiro atoms. The lowest BCUT2D eigenvalue weighted by atomic mass is 10.1. The van der Waals surface area contributed by atoms with Crippen molar-refractivity contribution in [3.8, 4) is 0 Å². The zero-order valence-corrected chi connectivity index (χ0v) is 13.1. The molecule has 1 aromatic heterocycles. The first-order valence-electron chi connectivity index (χ1n) is 6.66. The SMILES string of the molecule is CCOC(=O)c1csc(NC(=O)c2cccc(COC)c2)n1. The first kappa shape index (κ1) is 16.1. The molecule has 0 radical (unpaired) electrons. The maximum absolute atomic E-state index is 12.2. The summed E-state index contributed by atoms with van der Waals surface area (Å²) >= 11 is 1.17. The molecule has 1 aromatic carbocycles. The van der Waals surface area contributed by atoms with Crippen molar-refractivity contribution in [1.29, 1.82) is 0 Å². The molecule has 7 heteroatoms. The molecule has 2 rings (SSSR count). The van der Waals surface area contributed by atoms with Crippen LogP contribution < -0.4 is 5.32 Å². The third-order valence-corrected chi connectivity index (χ3v) is 3.47. The van der Waals surface area contributed by atoms with E-state index < -0.39 is 5.97 Å². The van der Waals surface area contributed by atoms with E-state index in [1.165, 1.54) is 11.3 Å². The van der Waals surface area contributed by atoms with Crippen LogP contribution >= 0.6 is 11.3 Å². The number of rotatable bonds is 6. The monoisotopic (exact) mass is 320 g/mol. The van der Waals surface area contributed by atoms with E-state index >= 15 is 0 Å². The third-order valence-electron chi connectivity index (χ3n) is 2.71. The molecule has 0 saturated carbocycles. The van der Waals surface area contributed by atoms with Crippen LogP contribution in [0.15, 0.2) is 29.6 Å². The minimum absolute atomic E-state index is 0.190. The van der Waals surface area contributed by atoms with Crippen molar-refractivity contribution < 1.29 is 19.1 Å². The van der Waals surface area contributed by atoms with E-state index in [0.29, 0.717) is 17.3 Å². The number of amides is 1. The van der Waals surface area contributed by atoms with Crippen molar-refractivity contribution in [3.63, 3.8) is 0 Å². The molecule has 0 aliphatic carbocycles. The highest BCUT2D eigenvalue weighted by atomic mass is 32.1. The molecule has 0 unspecified atom stereocenters. The minimum atomic E-state index is -0.499.